The molecule has 20 heavy (non-hydrogen) atoms. The fourth-order valence-electron chi connectivity index (χ4n) is 2.56. The predicted octanol–water partition coefficient (Wildman–Crippen LogP) is 3.09. The molecule has 0 radical (unpaired) electrons. The van der Waals surface area contributed by atoms with Crippen LogP contribution >= 0.6 is 0 Å². The maximum Gasteiger partial charge on any atom is 0.215 e. The van der Waals surface area contributed by atoms with Gasteiger partial charge in [0.05, 0.1) is 5.54 Å². The molecular formula is C16H22N2O2. The molecule has 2 N–H and O–H groups in total. The average molecular weight is 274 g/mol. The summed E-state index contributed by atoms with van der Waals surface area (Å²) in [7, 11) is 0. The van der Waals surface area contributed by atoms with Crippen molar-refractivity contribution >= 4 is 11.1 Å². The summed E-state index contributed by atoms with van der Waals surface area (Å²) >= 11 is 0. The van der Waals surface area contributed by atoms with Gasteiger partial charge in [-0.25, -0.2) is 4.98 Å². The first-order valence-corrected chi connectivity index (χ1v) is 7.17. The number of hydrogen-bond donors (Lipinski definition) is 1. The number of rotatable bonds is 1. The lowest BCUT2D eigenvalue weighted by molar-refractivity contribution is 0.0429. The highest BCUT2D eigenvalue weighted by Gasteiger charge is 2.35. The first-order valence-electron chi connectivity index (χ1n) is 7.17. The molecule has 1 aliphatic rings. The lowest BCUT2D eigenvalue weighted by Crippen LogP contribution is -2.42. The summed E-state index contributed by atoms with van der Waals surface area (Å²) < 4.78 is 11.3. The van der Waals surface area contributed by atoms with Gasteiger partial charge in [-0.1, -0.05) is 26.8 Å². The van der Waals surface area contributed by atoms with Gasteiger partial charge in [0.2, 0.25) is 5.89 Å². The van der Waals surface area contributed by atoms with E-state index in [4.69, 9.17) is 14.9 Å². The monoisotopic (exact) mass is 274 g/mol. The molecule has 0 atom stereocenters. The van der Waals surface area contributed by atoms with Gasteiger partial charge in [0.25, 0.3) is 0 Å². The summed E-state index contributed by atoms with van der Waals surface area (Å²) in [5.74, 6) is 0.641. The molecule has 4 heteroatoms. The van der Waals surface area contributed by atoms with Crippen LogP contribution in [0.3, 0.4) is 0 Å². The van der Waals surface area contributed by atoms with Crippen LogP contribution in [0, 0.1) is 0 Å². The second-order valence-corrected chi connectivity index (χ2v) is 6.72. The van der Waals surface area contributed by atoms with Gasteiger partial charge in [-0.05, 0) is 36.0 Å². The Bertz CT molecular complexity index is 619. The number of fused-ring (bicyclic) bond motifs is 1. The van der Waals surface area contributed by atoms with Gasteiger partial charge in [0.1, 0.15) is 5.52 Å². The van der Waals surface area contributed by atoms with Crippen molar-refractivity contribution in [3.63, 3.8) is 0 Å². The number of oxazole rings is 1. The fourth-order valence-corrected chi connectivity index (χ4v) is 2.56. The lowest BCUT2D eigenvalue weighted by atomic mass is 9.87. The second kappa shape index (κ2) is 4.57. The molecule has 0 spiro atoms. The van der Waals surface area contributed by atoms with E-state index in [1.54, 1.807) is 0 Å². The number of ether oxygens (including phenoxy) is 1. The van der Waals surface area contributed by atoms with Crippen molar-refractivity contribution in [1.29, 1.82) is 0 Å². The largest absolute Gasteiger partial charge is 0.439 e. The van der Waals surface area contributed by atoms with Gasteiger partial charge in [-0.15, -0.1) is 0 Å². The van der Waals surface area contributed by atoms with Crippen molar-refractivity contribution < 1.29 is 9.15 Å². The highest BCUT2D eigenvalue weighted by atomic mass is 16.5. The molecule has 2 aromatic rings. The van der Waals surface area contributed by atoms with Crippen LogP contribution in [0.4, 0.5) is 0 Å². The molecule has 0 aliphatic carbocycles. The Morgan fingerprint density at radius 2 is 1.90 bits per heavy atom. The molecular weight excluding hydrogens is 252 g/mol. The fraction of sp³-hybridized carbons (Fsp3) is 0.562. The van der Waals surface area contributed by atoms with Crippen LogP contribution in [0.25, 0.3) is 11.1 Å². The Morgan fingerprint density at radius 1 is 1.20 bits per heavy atom. The lowest BCUT2D eigenvalue weighted by Gasteiger charge is -2.29. The van der Waals surface area contributed by atoms with E-state index in [2.05, 4.69) is 37.9 Å². The minimum Gasteiger partial charge on any atom is -0.439 e. The minimum atomic E-state index is -0.487. The molecule has 1 aromatic heterocycles. The van der Waals surface area contributed by atoms with Gasteiger partial charge in [0, 0.05) is 13.2 Å². The number of nitrogens with zero attached hydrogens (tertiary/aromatic N) is 1. The summed E-state index contributed by atoms with van der Waals surface area (Å²) in [5, 5.41) is 0. The first kappa shape index (κ1) is 13.6. The summed E-state index contributed by atoms with van der Waals surface area (Å²) in [6, 6.07) is 6.20. The van der Waals surface area contributed by atoms with E-state index < -0.39 is 5.54 Å². The zero-order chi connectivity index (χ0) is 14.4. The second-order valence-electron chi connectivity index (χ2n) is 6.72. The smallest absolute Gasteiger partial charge is 0.215 e. The van der Waals surface area contributed by atoms with Gasteiger partial charge in [-0.3, -0.25) is 0 Å². The molecule has 0 amide bonds. The molecule has 108 valence electrons. The quantitative estimate of drug-likeness (QED) is 0.868. The van der Waals surface area contributed by atoms with Gasteiger partial charge >= 0.3 is 0 Å². The molecule has 1 fully saturated rings. The van der Waals surface area contributed by atoms with Crippen LogP contribution in [0.15, 0.2) is 22.6 Å². The average Bonchev–Trinajstić information content (AvgIpc) is 2.82. The van der Waals surface area contributed by atoms with E-state index in [1.807, 2.05) is 6.07 Å². The molecule has 0 saturated carbocycles. The first-order chi connectivity index (χ1) is 9.38. The van der Waals surface area contributed by atoms with Crippen molar-refractivity contribution in [3.8, 4) is 0 Å². The van der Waals surface area contributed by atoms with Crippen molar-refractivity contribution in [2.24, 2.45) is 5.73 Å². The van der Waals surface area contributed by atoms with E-state index in [-0.39, 0.29) is 5.41 Å². The van der Waals surface area contributed by atoms with Crippen molar-refractivity contribution in [2.75, 3.05) is 13.2 Å². The van der Waals surface area contributed by atoms with Crippen LogP contribution in [0.2, 0.25) is 0 Å². The molecule has 0 unspecified atom stereocenters. The van der Waals surface area contributed by atoms with E-state index in [0.29, 0.717) is 19.1 Å². The number of hydrogen-bond acceptors (Lipinski definition) is 4. The molecule has 0 bridgehead atoms. The van der Waals surface area contributed by atoms with Crippen molar-refractivity contribution in [3.05, 3.63) is 29.7 Å². The normalized spacial score (nSPS) is 19.4. The van der Waals surface area contributed by atoms with Crippen molar-refractivity contribution in [2.45, 2.75) is 44.6 Å². The Morgan fingerprint density at radius 3 is 2.55 bits per heavy atom. The summed E-state index contributed by atoms with van der Waals surface area (Å²) in [4.78, 5) is 4.64. The number of nitrogens with two attached hydrogens (primary N) is 1. The van der Waals surface area contributed by atoms with E-state index in [9.17, 15) is 0 Å². The molecule has 3 rings (SSSR count). The third-order valence-electron chi connectivity index (χ3n) is 4.06. The molecule has 2 heterocycles. The minimum absolute atomic E-state index is 0.104. The van der Waals surface area contributed by atoms with Gasteiger partial charge < -0.3 is 14.9 Å². The predicted molar refractivity (Wildman–Crippen MR) is 78.6 cm³/mol. The van der Waals surface area contributed by atoms with E-state index in [0.717, 1.165) is 23.9 Å². The Balaban J connectivity index is 2.02. The van der Waals surface area contributed by atoms with Crippen molar-refractivity contribution in [1.82, 2.24) is 4.98 Å². The Labute approximate surface area is 119 Å². The molecule has 1 saturated heterocycles. The zero-order valence-corrected chi connectivity index (χ0v) is 12.4. The standard InChI is InChI=1S/C16H22N2O2/c1-15(2,3)11-4-5-13-12(10-11)18-14(20-13)16(17)6-8-19-9-7-16/h4-5,10H,6-9,17H2,1-3H3. The van der Waals surface area contributed by atoms with E-state index in [1.165, 1.54) is 5.56 Å². The Hall–Kier alpha value is -1.39. The van der Waals surface area contributed by atoms with E-state index >= 15 is 0 Å². The Kier molecular flexibility index (Phi) is 3.10. The maximum absolute atomic E-state index is 6.43. The highest BCUT2D eigenvalue weighted by molar-refractivity contribution is 5.74. The number of benzene rings is 1. The van der Waals surface area contributed by atoms with Crippen LogP contribution in [0.1, 0.15) is 45.1 Å². The maximum atomic E-state index is 6.43. The highest BCUT2D eigenvalue weighted by Crippen LogP contribution is 2.32. The van der Waals surface area contributed by atoms with Gasteiger partial charge in [0.15, 0.2) is 5.58 Å². The van der Waals surface area contributed by atoms with Crippen LogP contribution < -0.4 is 5.73 Å². The zero-order valence-electron chi connectivity index (χ0n) is 12.4. The van der Waals surface area contributed by atoms with Crippen LogP contribution in [-0.2, 0) is 15.7 Å². The topological polar surface area (TPSA) is 61.3 Å². The van der Waals surface area contributed by atoms with Crippen LogP contribution in [0.5, 0.6) is 0 Å². The summed E-state index contributed by atoms with van der Waals surface area (Å²) in [6.07, 6.45) is 1.51. The third-order valence-corrected chi connectivity index (χ3v) is 4.06. The third kappa shape index (κ3) is 2.34. The van der Waals surface area contributed by atoms with Gasteiger partial charge in [-0.2, -0.15) is 0 Å². The SMILES string of the molecule is CC(C)(C)c1ccc2oc(C3(N)CCOCC3)nc2c1. The van der Waals surface area contributed by atoms with Crippen LogP contribution in [-0.4, -0.2) is 18.2 Å². The number of aromatic nitrogens is 1. The summed E-state index contributed by atoms with van der Waals surface area (Å²) in [6.45, 7) is 7.92. The molecule has 1 aliphatic heterocycles. The summed E-state index contributed by atoms with van der Waals surface area (Å²) in [5.41, 5.74) is 9.00. The molecule has 4 nitrogen and oxygen atoms in total. The molecule has 1 aromatic carbocycles.